The molecule has 0 saturated carbocycles. The van der Waals surface area contributed by atoms with Gasteiger partial charge in [-0.15, -0.1) is 0 Å². The summed E-state index contributed by atoms with van der Waals surface area (Å²) in [5.41, 5.74) is 8.74. The van der Waals surface area contributed by atoms with Crippen molar-refractivity contribution >= 4 is 5.91 Å². The van der Waals surface area contributed by atoms with E-state index in [2.05, 4.69) is 40.0 Å². The quantitative estimate of drug-likeness (QED) is 0.629. The van der Waals surface area contributed by atoms with Gasteiger partial charge in [0.25, 0.3) is 5.91 Å². The Hall–Kier alpha value is -3.58. The second-order valence-corrected chi connectivity index (χ2v) is 7.62. The lowest BCUT2D eigenvalue weighted by atomic mass is 10.1. The lowest BCUT2D eigenvalue weighted by Crippen LogP contribution is -2.37. The molecule has 1 aliphatic heterocycles. The van der Waals surface area contributed by atoms with Crippen molar-refractivity contribution in [2.24, 2.45) is 0 Å². The van der Waals surface area contributed by atoms with Crippen LogP contribution in [0, 0.1) is 6.92 Å². The molecule has 4 rings (SSSR count). The van der Waals surface area contributed by atoms with Gasteiger partial charge in [0.15, 0.2) is 11.5 Å². The highest BCUT2D eigenvalue weighted by atomic mass is 16.5. The fraction of sp³-hybridized carbons (Fsp3) is 0.250. The van der Waals surface area contributed by atoms with E-state index in [1.54, 1.807) is 13.2 Å². The molecule has 0 aliphatic carbocycles. The molecule has 0 spiro atoms. The van der Waals surface area contributed by atoms with Crippen molar-refractivity contribution in [3.05, 3.63) is 82.8 Å². The van der Waals surface area contributed by atoms with Crippen LogP contribution in [0.3, 0.4) is 0 Å². The summed E-state index contributed by atoms with van der Waals surface area (Å²) in [6, 6.07) is 17.3. The molecule has 1 aromatic heterocycles. The van der Waals surface area contributed by atoms with Gasteiger partial charge in [0.1, 0.15) is 5.75 Å². The summed E-state index contributed by atoms with van der Waals surface area (Å²) in [6.45, 7) is 6.83. The molecule has 1 amide bonds. The molecule has 0 unspecified atom stereocenters. The van der Waals surface area contributed by atoms with Gasteiger partial charge >= 0.3 is 0 Å². The van der Waals surface area contributed by atoms with E-state index < -0.39 is 0 Å². The average Bonchev–Trinajstić information content (AvgIpc) is 3.37. The SMILES string of the molecule is COc1ccc(-c2cc(C(=O)NC3=C(C)N(Cc4ccccc4C)N[C@H]3C)no2)cc1. The van der Waals surface area contributed by atoms with Gasteiger partial charge in [-0.25, -0.2) is 5.43 Å². The third-order valence-corrected chi connectivity index (χ3v) is 5.53. The van der Waals surface area contributed by atoms with Crippen molar-refractivity contribution in [3.63, 3.8) is 0 Å². The number of benzene rings is 2. The smallest absolute Gasteiger partial charge is 0.277 e. The van der Waals surface area contributed by atoms with Crippen LogP contribution in [-0.2, 0) is 6.54 Å². The molecule has 2 N–H and O–H groups in total. The Labute approximate surface area is 181 Å². The molecule has 2 heterocycles. The number of nitrogens with zero attached hydrogens (tertiary/aromatic N) is 2. The summed E-state index contributed by atoms with van der Waals surface area (Å²) in [7, 11) is 1.61. The molecule has 2 aromatic carbocycles. The zero-order valence-electron chi connectivity index (χ0n) is 18.1. The molecular weight excluding hydrogens is 392 g/mol. The van der Waals surface area contributed by atoms with Crippen LogP contribution in [0.15, 0.2) is 70.5 Å². The van der Waals surface area contributed by atoms with E-state index in [0.29, 0.717) is 12.3 Å². The molecule has 0 fully saturated rings. The van der Waals surface area contributed by atoms with Crippen LogP contribution in [0.25, 0.3) is 11.3 Å². The molecule has 0 radical (unpaired) electrons. The number of nitrogens with one attached hydrogen (secondary N) is 2. The first kappa shape index (κ1) is 20.7. The van der Waals surface area contributed by atoms with E-state index in [4.69, 9.17) is 9.26 Å². The Kier molecular flexibility index (Phi) is 5.77. The van der Waals surface area contributed by atoms with Crippen molar-refractivity contribution in [1.29, 1.82) is 0 Å². The van der Waals surface area contributed by atoms with E-state index in [-0.39, 0.29) is 17.6 Å². The maximum absolute atomic E-state index is 12.8. The van der Waals surface area contributed by atoms with E-state index >= 15 is 0 Å². The highest BCUT2D eigenvalue weighted by Gasteiger charge is 2.28. The first-order valence-corrected chi connectivity index (χ1v) is 10.2. The fourth-order valence-electron chi connectivity index (χ4n) is 3.63. The minimum atomic E-state index is -0.302. The number of allylic oxidation sites excluding steroid dienone is 1. The topological polar surface area (TPSA) is 79.6 Å². The van der Waals surface area contributed by atoms with Gasteiger partial charge in [0, 0.05) is 17.3 Å². The molecule has 1 atom stereocenters. The van der Waals surface area contributed by atoms with Gasteiger partial charge in [-0.2, -0.15) is 0 Å². The molecule has 0 bridgehead atoms. The highest BCUT2D eigenvalue weighted by molar-refractivity contribution is 5.94. The Morgan fingerprint density at radius 3 is 2.65 bits per heavy atom. The van der Waals surface area contributed by atoms with Gasteiger partial charge in [-0.1, -0.05) is 29.4 Å². The number of hydrazine groups is 1. The predicted molar refractivity (Wildman–Crippen MR) is 118 cm³/mol. The average molecular weight is 418 g/mol. The summed E-state index contributed by atoms with van der Waals surface area (Å²) < 4.78 is 10.6. The van der Waals surface area contributed by atoms with Crippen LogP contribution in [0.1, 0.15) is 35.5 Å². The molecule has 0 saturated heterocycles. The number of carbonyl (C=O) groups is 1. The summed E-state index contributed by atoms with van der Waals surface area (Å²) >= 11 is 0. The largest absolute Gasteiger partial charge is 0.497 e. The predicted octanol–water partition coefficient (Wildman–Crippen LogP) is 4.03. The Morgan fingerprint density at radius 1 is 1.19 bits per heavy atom. The van der Waals surface area contributed by atoms with Crippen LogP contribution in [-0.4, -0.2) is 29.2 Å². The second kappa shape index (κ2) is 8.65. The van der Waals surface area contributed by atoms with Crippen molar-refractivity contribution < 1.29 is 14.1 Å². The van der Waals surface area contributed by atoms with Crippen LogP contribution < -0.4 is 15.5 Å². The maximum Gasteiger partial charge on any atom is 0.277 e. The maximum atomic E-state index is 12.8. The number of aryl methyl sites for hydroxylation is 1. The molecule has 3 aromatic rings. The number of methoxy groups -OCH3 is 1. The van der Waals surface area contributed by atoms with Gasteiger partial charge in [-0.05, 0) is 56.2 Å². The van der Waals surface area contributed by atoms with Gasteiger partial charge in [0.05, 0.1) is 25.4 Å². The fourth-order valence-corrected chi connectivity index (χ4v) is 3.63. The van der Waals surface area contributed by atoms with E-state index in [1.165, 1.54) is 11.1 Å². The Morgan fingerprint density at radius 2 is 1.94 bits per heavy atom. The van der Waals surface area contributed by atoms with Crippen molar-refractivity contribution in [2.45, 2.75) is 33.4 Å². The minimum absolute atomic E-state index is 0.0269. The van der Waals surface area contributed by atoms with E-state index in [0.717, 1.165) is 22.7 Å². The molecule has 1 aliphatic rings. The number of hydrogen-bond donors (Lipinski definition) is 2. The summed E-state index contributed by atoms with van der Waals surface area (Å²) in [5.74, 6) is 0.975. The van der Waals surface area contributed by atoms with Crippen LogP contribution in [0.5, 0.6) is 5.75 Å². The summed E-state index contributed by atoms with van der Waals surface area (Å²) in [4.78, 5) is 12.8. The summed E-state index contributed by atoms with van der Waals surface area (Å²) in [6.07, 6.45) is 0. The highest BCUT2D eigenvalue weighted by Crippen LogP contribution is 2.25. The third kappa shape index (κ3) is 4.32. The lowest BCUT2D eigenvalue weighted by molar-refractivity contribution is 0.0954. The standard InChI is InChI=1S/C24H26N4O3/c1-15-7-5-6-8-19(15)14-28-17(3)23(16(2)26-28)25-24(29)21-13-22(31-27-21)18-9-11-20(30-4)12-10-18/h5-13,16,26H,14H2,1-4H3,(H,25,29)/t16-/m0/s1. The van der Waals surface area contributed by atoms with Gasteiger partial charge in [0.2, 0.25) is 0 Å². The zero-order chi connectivity index (χ0) is 22.0. The Bertz CT molecular complexity index is 1120. The van der Waals surface area contributed by atoms with Gasteiger partial charge < -0.3 is 19.6 Å². The number of ether oxygens (including phenoxy) is 1. The normalized spacial score (nSPS) is 16.0. The van der Waals surface area contributed by atoms with Crippen LogP contribution in [0.4, 0.5) is 0 Å². The van der Waals surface area contributed by atoms with E-state index in [9.17, 15) is 4.79 Å². The lowest BCUT2D eigenvalue weighted by Gasteiger charge is -2.22. The number of carbonyl (C=O) groups excluding carboxylic acids is 1. The van der Waals surface area contributed by atoms with Crippen LogP contribution >= 0.6 is 0 Å². The third-order valence-electron chi connectivity index (χ3n) is 5.53. The molecule has 31 heavy (non-hydrogen) atoms. The zero-order valence-corrected chi connectivity index (χ0v) is 18.1. The van der Waals surface area contributed by atoms with Gasteiger partial charge in [-0.3, -0.25) is 4.79 Å². The number of hydrogen-bond acceptors (Lipinski definition) is 6. The van der Waals surface area contributed by atoms with Crippen LogP contribution in [0.2, 0.25) is 0 Å². The molecular formula is C24H26N4O3. The number of aromatic nitrogens is 1. The second-order valence-electron chi connectivity index (χ2n) is 7.62. The first-order valence-electron chi connectivity index (χ1n) is 10.2. The number of amides is 1. The Balaban J connectivity index is 1.48. The summed E-state index contributed by atoms with van der Waals surface area (Å²) in [5, 5.41) is 9.02. The monoisotopic (exact) mass is 418 g/mol. The van der Waals surface area contributed by atoms with Crippen molar-refractivity contribution in [3.8, 4) is 17.1 Å². The molecule has 160 valence electrons. The van der Waals surface area contributed by atoms with E-state index in [1.807, 2.05) is 50.2 Å². The first-order chi connectivity index (χ1) is 15.0. The number of rotatable bonds is 6. The molecule has 7 heteroatoms. The van der Waals surface area contributed by atoms with Crippen molar-refractivity contribution in [2.75, 3.05) is 7.11 Å². The minimum Gasteiger partial charge on any atom is -0.497 e. The molecule has 7 nitrogen and oxygen atoms in total. The van der Waals surface area contributed by atoms with Crippen molar-refractivity contribution in [1.82, 2.24) is 20.9 Å².